The molecular weight excluding hydrogens is 410 g/mol. The number of hydrogen-bond acceptors (Lipinski definition) is 0. The first-order valence-electron chi connectivity index (χ1n) is 5.98. The molecule has 0 saturated heterocycles. The van der Waals surface area contributed by atoms with Crippen LogP contribution in [0.1, 0.15) is 11.1 Å². The first-order valence-corrected chi connectivity index (χ1v) is 10.5. The summed E-state index contributed by atoms with van der Waals surface area (Å²) in [5, 5.41) is 0. The monoisotopic (exact) mass is 426 g/mol. The summed E-state index contributed by atoms with van der Waals surface area (Å²) >= 11 is 3.99. The van der Waals surface area contributed by atoms with E-state index in [-0.39, 0.29) is 15.4 Å². The van der Waals surface area contributed by atoms with E-state index in [0.717, 1.165) is 0 Å². The zero-order valence-electron chi connectivity index (χ0n) is 10.4. The summed E-state index contributed by atoms with van der Waals surface area (Å²) < 4.78 is 3.00. The molecular formula is C16H12Ge3. The Bertz CT molecular complexity index is 518. The van der Waals surface area contributed by atoms with Crippen molar-refractivity contribution < 1.29 is 0 Å². The van der Waals surface area contributed by atoms with Gasteiger partial charge in [0.2, 0.25) is 0 Å². The van der Waals surface area contributed by atoms with Crippen LogP contribution in [0.25, 0.3) is 8.81 Å². The van der Waals surface area contributed by atoms with E-state index in [1.54, 1.807) is 0 Å². The number of benzene rings is 2. The van der Waals surface area contributed by atoms with Crippen LogP contribution in [0.2, 0.25) is 0 Å². The van der Waals surface area contributed by atoms with Gasteiger partial charge in [0, 0.05) is 0 Å². The standard InChI is InChI=1S/C16H12Ge3/c17-11-15(13-7-3-1-4-8-13)19-16(12-18)14-9-5-2-6-10-14/h1-12H/b15-11-,16-12-. The summed E-state index contributed by atoms with van der Waals surface area (Å²) in [6.45, 7) is 0. The van der Waals surface area contributed by atoms with Gasteiger partial charge in [0.05, 0.1) is 0 Å². The van der Waals surface area contributed by atoms with E-state index in [1.807, 2.05) is 0 Å². The SMILES string of the molecule is [Ge]/[CH]=[C](\[Ge]/[C](=[CH]\[Ge])c1ccccc1)c1ccccc1. The van der Waals surface area contributed by atoms with Gasteiger partial charge in [0.25, 0.3) is 0 Å². The quantitative estimate of drug-likeness (QED) is 0.665. The number of hydrogen-bond donors (Lipinski definition) is 0. The van der Waals surface area contributed by atoms with Gasteiger partial charge in [-0.05, 0) is 0 Å². The van der Waals surface area contributed by atoms with Crippen molar-refractivity contribution in [2.75, 3.05) is 0 Å². The van der Waals surface area contributed by atoms with Crippen LogP contribution in [0, 0.1) is 0 Å². The Balaban J connectivity index is 2.24. The minimum absolute atomic E-state index is 0.294. The molecule has 0 aliphatic rings. The zero-order valence-corrected chi connectivity index (χ0v) is 16.7. The van der Waals surface area contributed by atoms with Crippen LogP contribution in [-0.4, -0.2) is 48.5 Å². The third kappa shape index (κ3) is 4.26. The van der Waals surface area contributed by atoms with E-state index < -0.39 is 0 Å². The molecule has 0 N–H and O–H groups in total. The second kappa shape index (κ2) is 7.97. The van der Waals surface area contributed by atoms with Gasteiger partial charge in [-0.2, -0.15) is 0 Å². The molecule has 0 aromatic heterocycles. The van der Waals surface area contributed by atoms with E-state index in [2.05, 4.69) is 104 Å². The summed E-state index contributed by atoms with van der Waals surface area (Å²) in [6.07, 6.45) is 0. The van der Waals surface area contributed by atoms with E-state index in [0.29, 0.717) is 0 Å². The fourth-order valence-corrected chi connectivity index (χ4v) is 6.25. The molecule has 0 amide bonds. The van der Waals surface area contributed by atoms with Crippen molar-refractivity contribution in [1.29, 1.82) is 0 Å². The van der Waals surface area contributed by atoms with Gasteiger partial charge in [-0.25, -0.2) is 0 Å². The number of rotatable bonds is 4. The molecule has 0 nitrogen and oxygen atoms in total. The van der Waals surface area contributed by atoms with E-state index in [4.69, 9.17) is 0 Å². The molecule has 2 aromatic rings. The molecule has 0 saturated carbocycles. The van der Waals surface area contributed by atoms with Crippen molar-refractivity contribution >= 4 is 57.3 Å². The fraction of sp³-hybridized carbons (Fsp3) is 0. The van der Waals surface area contributed by atoms with Gasteiger partial charge in [-0.3, -0.25) is 0 Å². The molecule has 3 heteroatoms. The molecule has 2 rings (SSSR count). The van der Waals surface area contributed by atoms with Gasteiger partial charge in [0.1, 0.15) is 0 Å². The van der Waals surface area contributed by atoms with E-state index in [1.165, 1.54) is 19.9 Å². The van der Waals surface area contributed by atoms with Crippen LogP contribution in [0.4, 0.5) is 0 Å². The molecule has 0 heterocycles. The fourth-order valence-electron chi connectivity index (χ4n) is 1.76. The predicted octanol–water partition coefficient (Wildman–Crippen LogP) is 3.02. The molecule has 0 bridgehead atoms. The molecule has 2 aromatic carbocycles. The maximum atomic E-state index is 2.27. The minimum atomic E-state index is -0.294. The second-order valence-corrected chi connectivity index (χ2v) is 7.97. The van der Waals surface area contributed by atoms with Crippen LogP contribution in [-0.2, 0) is 0 Å². The normalized spacial score (nSPS) is 12.5. The summed E-state index contributed by atoms with van der Waals surface area (Å²) in [5.41, 5.74) is 2.72. The Morgan fingerprint density at radius 2 is 1.05 bits per heavy atom. The van der Waals surface area contributed by atoms with Crippen LogP contribution >= 0.6 is 0 Å². The average molecular weight is 422 g/mol. The van der Waals surface area contributed by atoms with Gasteiger partial charge < -0.3 is 0 Å². The molecule has 8 radical (unpaired) electrons. The Kier molecular flexibility index (Phi) is 6.27. The van der Waals surface area contributed by atoms with Gasteiger partial charge in [-0.15, -0.1) is 0 Å². The summed E-state index contributed by atoms with van der Waals surface area (Å²) in [5.74, 6) is 0. The first kappa shape index (κ1) is 14.9. The summed E-state index contributed by atoms with van der Waals surface area (Å²) in [6, 6.07) is 21.4. The van der Waals surface area contributed by atoms with Crippen molar-refractivity contribution in [2.24, 2.45) is 0 Å². The summed E-state index contributed by atoms with van der Waals surface area (Å²) in [7, 11) is 0. The Labute approximate surface area is 138 Å². The van der Waals surface area contributed by atoms with Crippen molar-refractivity contribution in [3.05, 3.63) is 81.6 Å². The van der Waals surface area contributed by atoms with Gasteiger partial charge in [-0.1, -0.05) is 0 Å². The molecule has 0 atom stereocenters. The van der Waals surface area contributed by atoms with Crippen molar-refractivity contribution in [1.82, 2.24) is 0 Å². The third-order valence-corrected chi connectivity index (χ3v) is 9.43. The molecule has 0 unspecified atom stereocenters. The molecule has 88 valence electrons. The molecule has 0 spiro atoms. The average Bonchev–Trinajstić information content (AvgIpc) is 2.50. The van der Waals surface area contributed by atoms with Crippen LogP contribution in [0.5, 0.6) is 0 Å². The molecule has 19 heavy (non-hydrogen) atoms. The van der Waals surface area contributed by atoms with Gasteiger partial charge in [0.15, 0.2) is 0 Å². The second-order valence-electron chi connectivity index (χ2n) is 3.97. The van der Waals surface area contributed by atoms with Crippen LogP contribution < -0.4 is 0 Å². The van der Waals surface area contributed by atoms with Gasteiger partial charge >= 0.3 is 139 Å². The third-order valence-electron chi connectivity index (χ3n) is 2.73. The van der Waals surface area contributed by atoms with Crippen molar-refractivity contribution in [3.63, 3.8) is 0 Å². The first-order chi connectivity index (χ1) is 9.35. The van der Waals surface area contributed by atoms with E-state index in [9.17, 15) is 0 Å². The van der Waals surface area contributed by atoms with Crippen molar-refractivity contribution in [2.45, 2.75) is 0 Å². The predicted molar refractivity (Wildman–Crippen MR) is 86.1 cm³/mol. The summed E-state index contributed by atoms with van der Waals surface area (Å²) in [4.78, 5) is 4.53. The van der Waals surface area contributed by atoms with Crippen molar-refractivity contribution in [3.8, 4) is 0 Å². The van der Waals surface area contributed by atoms with Crippen LogP contribution in [0.15, 0.2) is 70.5 Å². The van der Waals surface area contributed by atoms with E-state index >= 15 is 0 Å². The maximum absolute atomic E-state index is 2.27. The Morgan fingerprint density at radius 3 is 1.37 bits per heavy atom. The molecule has 0 fully saturated rings. The Hall–Kier alpha value is -0.451. The van der Waals surface area contributed by atoms with Crippen LogP contribution in [0.3, 0.4) is 0 Å². The topological polar surface area (TPSA) is 0 Å². The molecule has 0 aliphatic carbocycles. The Morgan fingerprint density at radius 1 is 0.684 bits per heavy atom. The molecule has 0 aliphatic heterocycles. The zero-order chi connectivity index (χ0) is 13.5.